The van der Waals surface area contributed by atoms with Gasteiger partial charge < -0.3 is 9.72 Å². The number of ether oxygens (including phenoxy) is 1. The molecule has 0 aliphatic carbocycles. The molecule has 4 heteroatoms. The molecule has 1 aromatic heterocycles. The first-order valence-electron chi connectivity index (χ1n) is 7.72. The van der Waals surface area contributed by atoms with Gasteiger partial charge in [0, 0.05) is 36.0 Å². The van der Waals surface area contributed by atoms with Gasteiger partial charge in [0.1, 0.15) is 0 Å². The zero-order chi connectivity index (χ0) is 14.4. The average molecular weight is 284 g/mol. The van der Waals surface area contributed by atoms with Gasteiger partial charge in [-0.3, -0.25) is 4.90 Å². The summed E-state index contributed by atoms with van der Waals surface area (Å²) in [4.78, 5) is 18.1. The molecule has 21 heavy (non-hydrogen) atoms. The van der Waals surface area contributed by atoms with E-state index in [4.69, 9.17) is 4.74 Å². The zero-order valence-electron chi connectivity index (χ0n) is 12.3. The Morgan fingerprint density at radius 2 is 2.19 bits per heavy atom. The van der Waals surface area contributed by atoms with Crippen molar-refractivity contribution in [1.29, 1.82) is 0 Å². The number of hydrogen-bond acceptors (Lipinski definition) is 3. The number of hydrogen-bond donors (Lipinski definition) is 1. The second-order valence-electron chi connectivity index (χ2n) is 6.28. The molecule has 2 aromatic rings. The summed E-state index contributed by atoms with van der Waals surface area (Å²) < 4.78 is 6.00. The number of para-hydroxylation sites is 1. The van der Waals surface area contributed by atoms with E-state index < -0.39 is 0 Å². The molecule has 2 saturated heterocycles. The van der Waals surface area contributed by atoms with E-state index >= 15 is 0 Å². The minimum Gasteiger partial charge on any atom is -0.440 e. The molecule has 2 bridgehead atoms. The van der Waals surface area contributed by atoms with Gasteiger partial charge in [0.05, 0.1) is 5.56 Å². The van der Waals surface area contributed by atoms with Gasteiger partial charge in [-0.1, -0.05) is 18.2 Å². The lowest BCUT2D eigenvalue weighted by Crippen LogP contribution is -2.50. The van der Waals surface area contributed by atoms with Gasteiger partial charge in [0.2, 0.25) is 0 Å². The van der Waals surface area contributed by atoms with Crippen LogP contribution in [0.3, 0.4) is 0 Å². The Morgan fingerprint density at radius 1 is 1.33 bits per heavy atom. The van der Waals surface area contributed by atoms with E-state index in [0.717, 1.165) is 36.6 Å². The van der Waals surface area contributed by atoms with Crippen LogP contribution in [0.2, 0.25) is 0 Å². The monoisotopic (exact) mass is 284 g/mol. The molecule has 2 atom stereocenters. The molecule has 4 nitrogen and oxygen atoms in total. The van der Waals surface area contributed by atoms with E-state index in [0.29, 0.717) is 11.6 Å². The Labute approximate surface area is 124 Å². The highest BCUT2D eigenvalue weighted by atomic mass is 16.6. The van der Waals surface area contributed by atoms with Crippen LogP contribution in [0.5, 0.6) is 0 Å². The second kappa shape index (κ2) is 4.60. The third kappa shape index (κ3) is 1.89. The molecule has 0 saturated carbocycles. The highest BCUT2D eigenvalue weighted by Crippen LogP contribution is 2.44. The topological polar surface area (TPSA) is 45.3 Å². The maximum absolute atomic E-state index is 12.6. The normalized spacial score (nSPS) is 28.9. The molecule has 1 aromatic carbocycles. The number of rotatable bonds is 2. The lowest BCUT2D eigenvalue weighted by Gasteiger charge is -2.41. The van der Waals surface area contributed by atoms with Crippen molar-refractivity contribution in [3.8, 4) is 0 Å². The standard InChI is InChI=1S/C17H20N2O2/c1-19-12-5-4-9-17(19,10-8-12)21-16(20)14-11-18-15-7-3-2-6-13(14)15/h2-3,6-7,11-12,18H,4-5,8-10H2,1H3. The lowest BCUT2D eigenvalue weighted by atomic mass is 10.0. The molecular formula is C17H20N2O2. The summed E-state index contributed by atoms with van der Waals surface area (Å²) in [5.41, 5.74) is 1.24. The van der Waals surface area contributed by atoms with Crippen LogP contribution in [0, 0.1) is 0 Å². The molecule has 2 aliphatic rings. The summed E-state index contributed by atoms with van der Waals surface area (Å²) in [5, 5.41) is 0.937. The largest absolute Gasteiger partial charge is 0.440 e. The smallest absolute Gasteiger partial charge is 0.342 e. The van der Waals surface area contributed by atoms with E-state index in [1.165, 1.54) is 6.42 Å². The summed E-state index contributed by atoms with van der Waals surface area (Å²) in [6, 6.07) is 8.42. The molecule has 0 amide bonds. The number of nitrogens with one attached hydrogen (secondary N) is 1. The van der Waals surface area contributed by atoms with Crippen LogP contribution < -0.4 is 0 Å². The molecule has 3 heterocycles. The van der Waals surface area contributed by atoms with E-state index in [1.54, 1.807) is 6.20 Å². The van der Waals surface area contributed by atoms with Crippen molar-refractivity contribution < 1.29 is 9.53 Å². The number of nitrogens with zero attached hydrogens (tertiary/aromatic N) is 1. The second-order valence-corrected chi connectivity index (χ2v) is 6.28. The summed E-state index contributed by atoms with van der Waals surface area (Å²) in [7, 11) is 2.10. The fraction of sp³-hybridized carbons (Fsp3) is 0.471. The maximum atomic E-state index is 12.6. The SMILES string of the molecule is CN1C2CCCC1(OC(=O)c1c[nH]c3ccccc13)CC2. The first kappa shape index (κ1) is 12.9. The molecule has 0 radical (unpaired) electrons. The fourth-order valence-electron chi connectivity index (χ4n) is 3.99. The van der Waals surface area contributed by atoms with Crippen LogP contribution in [-0.4, -0.2) is 34.7 Å². The number of carbonyl (C=O) groups is 1. The van der Waals surface area contributed by atoms with Crippen molar-refractivity contribution in [2.45, 2.75) is 43.9 Å². The van der Waals surface area contributed by atoms with E-state index in [9.17, 15) is 4.79 Å². The van der Waals surface area contributed by atoms with Crippen LogP contribution in [0.25, 0.3) is 10.9 Å². The molecule has 2 unspecified atom stereocenters. The van der Waals surface area contributed by atoms with E-state index in [2.05, 4.69) is 16.9 Å². The van der Waals surface area contributed by atoms with Crippen LogP contribution in [-0.2, 0) is 4.74 Å². The van der Waals surface area contributed by atoms with Gasteiger partial charge in [-0.2, -0.15) is 0 Å². The van der Waals surface area contributed by atoms with Crippen LogP contribution in [0.4, 0.5) is 0 Å². The third-order valence-corrected chi connectivity index (χ3v) is 5.26. The number of carbonyl (C=O) groups excluding carboxylic acids is 1. The van der Waals surface area contributed by atoms with Crippen LogP contribution >= 0.6 is 0 Å². The Kier molecular flexibility index (Phi) is 2.82. The predicted octanol–water partition coefficient (Wildman–Crippen LogP) is 3.30. The molecule has 4 rings (SSSR count). The molecule has 2 aliphatic heterocycles. The third-order valence-electron chi connectivity index (χ3n) is 5.26. The number of H-pyrrole nitrogens is 1. The number of aromatic amines is 1. The minimum atomic E-state index is -0.377. The zero-order valence-corrected chi connectivity index (χ0v) is 12.3. The van der Waals surface area contributed by atoms with Crippen molar-refractivity contribution in [2.24, 2.45) is 0 Å². The first-order chi connectivity index (χ1) is 10.2. The van der Waals surface area contributed by atoms with Gasteiger partial charge in [0.15, 0.2) is 5.72 Å². The van der Waals surface area contributed by atoms with Gasteiger partial charge in [-0.05, 0) is 32.4 Å². The Bertz CT molecular complexity index is 689. The van der Waals surface area contributed by atoms with Crippen LogP contribution in [0.1, 0.15) is 42.5 Å². The van der Waals surface area contributed by atoms with Crippen molar-refractivity contribution in [1.82, 2.24) is 9.88 Å². The predicted molar refractivity (Wildman–Crippen MR) is 81.1 cm³/mol. The fourth-order valence-corrected chi connectivity index (χ4v) is 3.99. The highest BCUT2D eigenvalue weighted by molar-refractivity contribution is 6.04. The summed E-state index contributed by atoms with van der Waals surface area (Å²) in [6.45, 7) is 0. The maximum Gasteiger partial charge on any atom is 0.342 e. The van der Waals surface area contributed by atoms with Crippen molar-refractivity contribution >= 4 is 16.9 Å². The van der Waals surface area contributed by atoms with Gasteiger partial charge in [-0.15, -0.1) is 0 Å². The Balaban J connectivity index is 1.64. The van der Waals surface area contributed by atoms with Gasteiger partial charge in [0.25, 0.3) is 0 Å². The minimum absolute atomic E-state index is 0.207. The number of benzene rings is 1. The molecule has 1 N–H and O–H groups in total. The van der Waals surface area contributed by atoms with Gasteiger partial charge >= 0.3 is 5.97 Å². The number of esters is 1. The summed E-state index contributed by atoms with van der Waals surface area (Å²) >= 11 is 0. The van der Waals surface area contributed by atoms with E-state index in [-0.39, 0.29) is 11.7 Å². The Hall–Kier alpha value is -1.81. The average Bonchev–Trinajstić information content (AvgIpc) is 2.96. The van der Waals surface area contributed by atoms with Crippen LogP contribution in [0.15, 0.2) is 30.5 Å². The van der Waals surface area contributed by atoms with Gasteiger partial charge in [-0.25, -0.2) is 4.79 Å². The highest BCUT2D eigenvalue weighted by Gasteiger charge is 2.49. The molecular weight excluding hydrogens is 264 g/mol. The molecule has 2 fully saturated rings. The number of aromatic nitrogens is 1. The summed E-state index contributed by atoms with van der Waals surface area (Å²) in [6.07, 6.45) is 7.19. The lowest BCUT2D eigenvalue weighted by molar-refractivity contribution is -0.116. The number of piperidine rings is 1. The molecule has 110 valence electrons. The molecule has 0 spiro atoms. The van der Waals surface area contributed by atoms with Crippen molar-refractivity contribution in [3.63, 3.8) is 0 Å². The Morgan fingerprint density at radius 3 is 3.10 bits per heavy atom. The number of fused-ring (bicyclic) bond motifs is 3. The summed E-state index contributed by atoms with van der Waals surface area (Å²) in [5.74, 6) is -0.207. The van der Waals surface area contributed by atoms with Crippen molar-refractivity contribution in [3.05, 3.63) is 36.0 Å². The first-order valence-corrected chi connectivity index (χ1v) is 7.72. The van der Waals surface area contributed by atoms with Crippen molar-refractivity contribution in [2.75, 3.05) is 7.05 Å². The quantitative estimate of drug-likeness (QED) is 0.861. The van der Waals surface area contributed by atoms with E-state index in [1.807, 2.05) is 24.3 Å².